The first-order chi connectivity index (χ1) is 11.8. The van der Waals surface area contributed by atoms with Gasteiger partial charge in [0.05, 0.1) is 11.0 Å². The minimum Gasteiger partial charge on any atom is -0.473 e. The van der Waals surface area contributed by atoms with Gasteiger partial charge in [-0.15, -0.1) is 0 Å². The first kappa shape index (κ1) is 14.4. The smallest absolute Gasteiger partial charge is 0.225 e. The molecular weight excluding hydrogens is 302 g/mol. The van der Waals surface area contributed by atoms with Gasteiger partial charge in [0, 0.05) is 21.5 Å². The topological polar surface area (TPSA) is 57.1 Å². The van der Waals surface area contributed by atoms with E-state index in [-0.39, 0.29) is 0 Å². The van der Waals surface area contributed by atoms with Crippen molar-refractivity contribution in [1.29, 1.82) is 0 Å². The van der Waals surface area contributed by atoms with Crippen molar-refractivity contribution in [2.45, 2.75) is 0 Å². The predicted octanol–water partition coefficient (Wildman–Crippen LogP) is 3.90. The van der Waals surface area contributed by atoms with Crippen molar-refractivity contribution >= 4 is 32.6 Å². The molecule has 0 N–H and O–H groups in total. The summed E-state index contributed by atoms with van der Waals surface area (Å²) < 4.78 is 11.5. The number of ether oxygens (including phenoxy) is 2. The van der Waals surface area contributed by atoms with E-state index in [1.807, 2.05) is 24.3 Å². The summed E-state index contributed by atoms with van der Waals surface area (Å²) in [7, 11) is 0. The molecule has 0 aliphatic carbocycles. The summed E-state index contributed by atoms with van der Waals surface area (Å²) in [5.74, 6) is 1.03. The minimum absolute atomic E-state index is 0.369. The van der Waals surface area contributed by atoms with Crippen LogP contribution in [0, 0.1) is 0 Å². The molecule has 0 saturated heterocycles. The lowest BCUT2D eigenvalue weighted by atomic mass is 10.0. The van der Waals surface area contributed by atoms with Gasteiger partial charge in [-0.05, 0) is 24.3 Å². The maximum Gasteiger partial charge on any atom is 0.225 e. The van der Waals surface area contributed by atoms with Gasteiger partial charge in [-0.2, -0.15) is 4.98 Å². The molecule has 5 nitrogen and oxygen atoms in total. The second kappa shape index (κ2) is 5.77. The summed E-state index contributed by atoms with van der Waals surface area (Å²) in [5.41, 5.74) is 1.77. The van der Waals surface area contributed by atoms with E-state index in [1.54, 1.807) is 18.5 Å². The van der Waals surface area contributed by atoms with Crippen LogP contribution in [0.5, 0.6) is 11.8 Å². The van der Waals surface area contributed by atoms with Crippen LogP contribution in [0.25, 0.3) is 32.6 Å². The SMILES string of the molecule is C=CCOc1nc(OCC=C)c2ccc3ncnc4ccc1c2c43. The Hall–Kier alpha value is -3.21. The highest BCUT2D eigenvalue weighted by Crippen LogP contribution is 2.40. The third-order valence-corrected chi connectivity index (χ3v) is 3.85. The molecule has 5 heteroatoms. The van der Waals surface area contributed by atoms with Gasteiger partial charge in [0.2, 0.25) is 11.8 Å². The van der Waals surface area contributed by atoms with Crippen LogP contribution in [-0.2, 0) is 0 Å². The molecule has 0 aliphatic rings. The molecule has 0 spiro atoms. The maximum absolute atomic E-state index is 5.76. The number of aromatic nitrogens is 3. The third-order valence-electron chi connectivity index (χ3n) is 3.85. The lowest BCUT2D eigenvalue weighted by Crippen LogP contribution is -2.02. The van der Waals surface area contributed by atoms with Gasteiger partial charge in [0.25, 0.3) is 0 Å². The van der Waals surface area contributed by atoms with Gasteiger partial charge >= 0.3 is 0 Å². The highest BCUT2D eigenvalue weighted by Gasteiger charge is 2.18. The molecule has 0 radical (unpaired) electrons. The van der Waals surface area contributed by atoms with Gasteiger partial charge in [-0.25, -0.2) is 9.97 Å². The zero-order chi connectivity index (χ0) is 16.5. The molecule has 2 aromatic carbocycles. The number of benzene rings is 2. The van der Waals surface area contributed by atoms with Crippen LogP contribution in [0.2, 0.25) is 0 Å². The van der Waals surface area contributed by atoms with E-state index in [0.717, 1.165) is 32.6 Å². The molecule has 0 bridgehead atoms. The van der Waals surface area contributed by atoms with Gasteiger partial charge in [-0.1, -0.05) is 25.3 Å². The first-order valence-corrected chi connectivity index (χ1v) is 7.60. The summed E-state index contributed by atoms with van der Waals surface area (Å²) in [6.45, 7) is 8.12. The Morgan fingerprint density at radius 3 is 1.83 bits per heavy atom. The molecule has 4 rings (SSSR count). The van der Waals surface area contributed by atoms with E-state index in [0.29, 0.717) is 25.0 Å². The Balaban J connectivity index is 2.11. The lowest BCUT2D eigenvalue weighted by Gasteiger charge is -2.15. The molecule has 0 aliphatic heterocycles. The van der Waals surface area contributed by atoms with Crippen molar-refractivity contribution in [3.05, 3.63) is 55.9 Å². The number of rotatable bonds is 6. The summed E-state index contributed by atoms with van der Waals surface area (Å²) >= 11 is 0. The van der Waals surface area contributed by atoms with E-state index < -0.39 is 0 Å². The molecule has 4 aromatic rings. The minimum atomic E-state index is 0.369. The van der Waals surface area contributed by atoms with Gasteiger partial charge in [0.15, 0.2) is 0 Å². The summed E-state index contributed by atoms with van der Waals surface area (Å²) in [6.07, 6.45) is 4.95. The predicted molar refractivity (Wildman–Crippen MR) is 94.9 cm³/mol. The molecule has 0 fully saturated rings. The fourth-order valence-electron chi connectivity index (χ4n) is 2.89. The van der Waals surface area contributed by atoms with Gasteiger partial charge in [-0.3, -0.25) is 0 Å². The van der Waals surface area contributed by atoms with E-state index in [1.165, 1.54) is 0 Å². The highest BCUT2D eigenvalue weighted by atomic mass is 16.5. The van der Waals surface area contributed by atoms with Crippen molar-refractivity contribution in [3.8, 4) is 11.8 Å². The molecule has 0 amide bonds. The molecular formula is C19H15N3O2. The largest absolute Gasteiger partial charge is 0.473 e. The molecule has 0 saturated carbocycles. The Kier molecular flexibility index (Phi) is 3.46. The van der Waals surface area contributed by atoms with Crippen LogP contribution < -0.4 is 9.47 Å². The Labute approximate surface area is 138 Å². The van der Waals surface area contributed by atoms with Crippen molar-refractivity contribution in [2.75, 3.05) is 13.2 Å². The van der Waals surface area contributed by atoms with Crippen LogP contribution in [0.1, 0.15) is 0 Å². The van der Waals surface area contributed by atoms with E-state index in [9.17, 15) is 0 Å². The zero-order valence-corrected chi connectivity index (χ0v) is 13.0. The standard InChI is InChI=1S/C19H15N3O2/c1-3-9-23-18-12-5-7-14-17-15(21-11-20-14)8-6-13(16(12)17)19(22-18)24-10-4-2/h3-8,11H,1-2,9-10H2. The van der Waals surface area contributed by atoms with Crippen molar-refractivity contribution in [3.63, 3.8) is 0 Å². The Bertz CT molecular complexity index is 982. The number of hydrogen-bond acceptors (Lipinski definition) is 5. The molecule has 2 aromatic heterocycles. The highest BCUT2D eigenvalue weighted by molar-refractivity contribution is 6.23. The van der Waals surface area contributed by atoms with Crippen LogP contribution in [0.15, 0.2) is 55.9 Å². The second-order valence-electron chi connectivity index (χ2n) is 5.31. The number of hydrogen-bond donors (Lipinski definition) is 0. The quantitative estimate of drug-likeness (QED) is 0.399. The molecule has 118 valence electrons. The maximum atomic E-state index is 5.76. The van der Waals surface area contributed by atoms with Crippen LogP contribution in [0.3, 0.4) is 0 Å². The number of nitrogens with zero attached hydrogens (tertiary/aromatic N) is 3. The van der Waals surface area contributed by atoms with E-state index in [2.05, 4.69) is 28.1 Å². The molecule has 24 heavy (non-hydrogen) atoms. The monoisotopic (exact) mass is 317 g/mol. The average Bonchev–Trinajstić information content (AvgIpc) is 2.63. The van der Waals surface area contributed by atoms with Crippen molar-refractivity contribution in [1.82, 2.24) is 15.0 Å². The zero-order valence-electron chi connectivity index (χ0n) is 13.0. The molecule has 0 unspecified atom stereocenters. The van der Waals surface area contributed by atoms with Gasteiger partial charge in [0.1, 0.15) is 19.5 Å². The van der Waals surface area contributed by atoms with E-state index in [4.69, 9.17) is 9.47 Å². The fraction of sp³-hybridized carbons (Fsp3) is 0.105. The van der Waals surface area contributed by atoms with Crippen molar-refractivity contribution in [2.24, 2.45) is 0 Å². The Morgan fingerprint density at radius 1 is 0.792 bits per heavy atom. The molecule has 2 heterocycles. The van der Waals surface area contributed by atoms with E-state index >= 15 is 0 Å². The Morgan fingerprint density at radius 2 is 1.33 bits per heavy atom. The van der Waals surface area contributed by atoms with Crippen molar-refractivity contribution < 1.29 is 9.47 Å². The second-order valence-corrected chi connectivity index (χ2v) is 5.31. The summed E-state index contributed by atoms with van der Waals surface area (Å²) in [4.78, 5) is 13.3. The van der Waals surface area contributed by atoms with Gasteiger partial charge < -0.3 is 9.47 Å². The summed E-state index contributed by atoms with van der Waals surface area (Å²) in [5, 5.41) is 3.80. The first-order valence-electron chi connectivity index (χ1n) is 7.60. The van der Waals surface area contributed by atoms with Crippen LogP contribution >= 0.6 is 0 Å². The number of pyridine rings is 1. The normalized spacial score (nSPS) is 11.2. The summed E-state index contributed by atoms with van der Waals surface area (Å²) in [6, 6.07) is 7.86. The molecule has 0 atom stereocenters. The average molecular weight is 317 g/mol. The van der Waals surface area contributed by atoms with Crippen LogP contribution in [0.4, 0.5) is 0 Å². The fourth-order valence-corrected chi connectivity index (χ4v) is 2.89. The van der Waals surface area contributed by atoms with Crippen LogP contribution in [-0.4, -0.2) is 28.2 Å². The third kappa shape index (κ3) is 2.13. The lowest BCUT2D eigenvalue weighted by molar-refractivity contribution is 0.325.